The van der Waals surface area contributed by atoms with Crippen LogP contribution in [0.25, 0.3) is 22.6 Å². The maximum Gasteiger partial charge on any atom is 0.238 e. The summed E-state index contributed by atoms with van der Waals surface area (Å²) in [5.41, 5.74) is 5.22. The van der Waals surface area contributed by atoms with E-state index in [0.29, 0.717) is 48.6 Å². The zero-order chi connectivity index (χ0) is 22.1. The van der Waals surface area contributed by atoms with Crippen molar-refractivity contribution >= 4 is 34.2 Å². The van der Waals surface area contributed by atoms with Crippen molar-refractivity contribution in [3.05, 3.63) is 75.1 Å². The van der Waals surface area contributed by atoms with Crippen molar-refractivity contribution in [1.29, 1.82) is 0 Å². The molecule has 1 fully saturated rings. The van der Waals surface area contributed by atoms with Crippen LogP contribution in [-0.4, -0.2) is 43.7 Å². The zero-order valence-electron chi connectivity index (χ0n) is 18.1. The molecule has 6 heteroatoms. The summed E-state index contributed by atoms with van der Waals surface area (Å²) in [5, 5.41) is 3.48. The Morgan fingerprint density at radius 1 is 1.12 bits per heavy atom. The van der Waals surface area contributed by atoms with Crippen molar-refractivity contribution in [2.24, 2.45) is 0 Å². The molecule has 1 aromatic heterocycles. The van der Waals surface area contributed by atoms with E-state index in [1.165, 1.54) is 5.56 Å². The molecule has 3 aromatic rings. The standard InChI is InChI=1S/C26H26N2O4/c1-17-4-2-3-5-18(17)14-19-6-8-22-25(30)21-9-7-20(15-23(21)32-26(19)22)27-24(29)16-28-10-12-31-13-11-28/h2-5,7,9,14-15H,6,8,10-13,16H2,1H3,(H,27,29). The van der Waals surface area contributed by atoms with Crippen LogP contribution < -0.4 is 10.7 Å². The Kier molecular flexibility index (Phi) is 5.64. The Morgan fingerprint density at radius 3 is 2.75 bits per heavy atom. The zero-order valence-corrected chi connectivity index (χ0v) is 18.1. The van der Waals surface area contributed by atoms with Crippen LogP contribution in [0.1, 0.15) is 28.9 Å². The predicted molar refractivity (Wildman–Crippen MR) is 126 cm³/mol. The molecule has 0 spiro atoms. The van der Waals surface area contributed by atoms with E-state index in [0.717, 1.165) is 36.2 Å². The second-order valence-corrected chi connectivity index (χ2v) is 8.41. The molecular weight excluding hydrogens is 404 g/mol. The van der Waals surface area contributed by atoms with Crippen molar-refractivity contribution in [1.82, 2.24) is 4.90 Å². The summed E-state index contributed by atoms with van der Waals surface area (Å²) in [6.45, 7) is 5.20. The molecule has 0 atom stereocenters. The highest BCUT2D eigenvalue weighted by Crippen LogP contribution is 2.35. The summed E-state index contributed by atoms with van der Waals surface area (Å²) in [5.74, 6) is 0.581. The molecule has 2 heterocycles. The Balaban J connectivity index is 1.44. The van der Waals surface area contributed by atoms with Crippen molar-refractivity contribution < 1.29 is 13.9 Å². The molecule has 1 saturated heterocycles. The molecule has 164 valence electrons. The number of nitrogens with one attached hydrogen (secondary N) is 1. The molecule has 0 saturated carbocycles. The van der Waals surface area contributed by atoms with Gasteiger partial charge in [0.1, 0.15) is 11.3 Å². The lowest BCUT2D eigenvalue weighted by Gasteiger charge is -2.25. The number of carbonyl (C=O) groups excluding carboxylic acids is 1. The van der Waals surface area contributed by atoms with Gasteiger partial charge in [-0.25, -0.2) is 0 Å². The van der Waals surface area contributed by atoms with Gasteiger partial charge in [-0.3, -0.25) is 14.5 Å². The fourth-order valence-electron chi connectivity index (χ4n) is 4.41. The van der Waals surface area contributed by atoms with Crippen LogP contribution >= 0.6 is 0 Å². The van der Waals surface area contributed by atoms with E-state index >= 15 is 0 Å². The van der Waals surface area contributed by atoms with E-state index in [2.05, 4.69) is 35.3 Å². The molecule has 6 nitrogen and oxygen atoms in total. The fourth-order valence-corrected chi connectivity index (χ4v) is 4.41. The van der Waals surface area contributed by atoms with Crippen LogP contribution in [0.15, 0.2) is 51.7 Å². The normalized spacial score (nSPS) is 17.6. The molecule has 1 amide bonds. The Morgan fingerprint density at radius 2 is 1.94 bits per heavy atom. The number of rotatable bonds is 4. The first-order chi connectivity index (χ1) is 15.6. The Hall–Kier alpha value is -3.22. The van der Waals surface area contributed by atoms with E-state index in [9.17, 15) is 9.59 Å². The van der Waals surface area contributed by atoms with E-state index in [-0.39, 0.29) is 11.3 Å². The van der Waals surface area contributed by atoms with Gasteiger partial charge in [-0.1, -0.05) is 24.3 Å². The summed E-state index contributed by atoms with van der Waals surface area (Å²) in [6, 6.07) is 13.4. The van der Waals surface area contributed by atoms with Crippen LogP contribution in [0.2, 0.25) is 0 Å². The minimum absolute atomic E-state index is 0.0145. The first-order valence-corrected chi connectivity index (χ1v) is 11.0. The van der Waals surface area contributed by atoms with Crippen LogP contribution in [0, 0.1) is 6.92 Å². The second kappa shape index (κ2) is 8.73. The summed E-state index contributed by atoms with van der Waals surface area (Å²) < 4.78 is 11.6. The van der Waals surface area contributed by atoms with Crippen molar-refractivity contribution in [3.8, 4) is 0 Å². The fraction of sp³-hybridized carbons (Fsp3) is 0.308. The Labute approximate surface area is 186 Å². The van der Waals surface area contributed by atoms with Gasteiger partial charge in [-0.2, -0.15) is 0 Å². The van der Waals surface area contributed by atoms with Gasteiger partial charge in [0.25, 0.3) is 0 Å². The first-order valence-electron chi connectivity index (χ1n) is 11.0. The topological polar surface area (TPSA) is 71.8 Å². The number of ether oxygens (including phenoxy) is 1. The summed E-state index contributed by atoms with van der Waals surface area (Å²) in [6.07, 6.45) is 3.58. The smallest absolute Gasteiger partial charge is 0.238 e. The third kappa shape index (κ3) is 4.11. The molecule has 1 aliphatic heterocycles. The SMILES string of the molecule is Cc1ccccc1C=C1CCc2c1oc1cc(NC(=O)CN3CCOCC3)ccc1c2=O. The number of amides is 1. The predicted octanol–water partition coefficient (Wildman–Crippen LogP) is 3.86. The number of aryl methyl sites for hydroxylation is 1. The largest absolute Gasteiger partial charge is 0.456 e. The van der Waals surface area contributed by atoms with E-state index < -0.39 is 0 Å². The minimum Gasteiger partial charge on any atom is -0.456 e. The van der Waals surface area contributed by atoms with Gasteiger partial charge in [0.2, 0.25) is 5.91 Å². The molecule has 5 rings (SSSR count). The number of carbonyl (C=O) groups is 1. The minimum atomic E-state index is -0.0881. The lowest BCUT2D eigenvalue weighted by Crippen LogP contribution is -2.41. The van der Waals surface area contributed by atoms with E-state index in [1.807, 2.05) is 12.1 Å². The molecule has 0 radical (unpaired) electrons. The number of allylic oxidation sites excluding steroid dienone is 1. The molecule has 2 aromatic carbocycles. The lowest BCUT2D eigenvalue weighted by atomic mass is 10.0. The summed E-state index contributed by atoms with van der Waals surface area (Å²) >= 11 is 0. The third-order valence-electron chi connectivity index (χ3n) is 6.20. The van der Waals surface area contributed by atoms with Crippen molar-refractivity contribution in [2.45, 2.75) is 19.8 Å². The number of hydrogen-bond acceptors (Lipinski definition) is 5. The van der Waals surface area contributed by atoms with Gasteiger partial charge >= 0.3 is 0 Å². The highest BCUT2D eigenvalue weighted by atomic mass is 16.5. The third-order valence-corrected chi connectivity index (χ3v) is 6.20. The number of nitrogens with zero attached hydrogens (tertiary/aromatic N) is 1. The van der Waals surface area contributed by atoms with Gasteiger partial charge in [-0.05, 0) is 54.7 Å². The van der Waals surface area contributed by atoms with Gasteiger partial charge in [0.05, 0.1) is 25.1 Å². The quantitative estimate of drug-likeness (QED) is 0.681. The maximum absolute atomic E-state index is 13.1. The highest BCUT2D eigenvalue weighted by Gasteiger charge is 2.24. The second-order valence-electron chi connectivity index (χ2n) is 8.41. The number of fused-ring (bicyclic) bond motifs is 2. The number of benzene rings is 2. The number of anilines is 1. The monoisotopic (exact) mass is 430 g/mol. The molecular formula is C26H26N2O4. The van der Waals surface area contributed by atoms with Crippen molar-refractivity contribution in [2.75, 3.05) is 38.2 Å². The van der Waals surface area contributed by atoms with E-state index in [4.69, 9.17) is 9.15 Å². The molecule has 2 aliphatic rings. The first kappa shape index (κ1) is 20.7. The molecule has 1 aliphatic carbocycles. The summed E-state index contributed by atoms with van der Waals surface area (Å²) in [4.78, 5) is 27.6. The van der Waals surface area contributed by atoms with Crippen LogP contribution in [0.5, 0.6) is 0 Å². The van der Waals surface area contributed by atoms with Gasteiger partial charge in [0.15, 0.2) is 5.43 Å². The Bertz CT molecular complexity index is 1270. The average Bonchev–Trinajstić information content (AvgIpc) is 3.19. The van der Waals surface area contributed by atoms with Crippen LogP contribution in [-0.2, 0) is 16.0 Å². The van der Waals surface area contributed by atoms with Crippen LogP contribution in [0.4, 0.5) is 5.69 Å². The molecule has 0 unspecified atom stereocenters. The lowest BCUT2D eigenvalue weighted by molar-refractivity contribution is -0.118. The maximum atomic E-state index is 13.1. The molecule has 1 N–H and O–H groups in total. The van der Waals surface area contributed by atoms with Crippen LogP contribution in [0.3, 0.4) is 0 Å². The molecule has 0 bridgehead atoms. The molecule has 32 heavy (non-hydrogen) atoms. The highest BCUT2D eigenvalue weighted by molar-refractivity contribution is 5.95. The van der Waals surface area contributed by atoms with E-state index in [1.54, 1.807) is 18.2 Å². The van der Waals surface area contributed by atoms with Gasteiger partial charge in [0, 0.05) is 30.4 Å². The van der Waals surface area contributed by atoms with Gasteiger partial charge < -0.3 is 14.5 Å². The number of hydrogen-bond donors (Lipinski definition) is 1. The van der Waals surface area contributed by atoms with Crippen molar-refractivity contribution in [3.63, 3.8) is 0 Å². The average molecular weight is 431 g/mol. The van der Waals surface area contributed by atoms with Gasteiger partial charge in [-0.15, -0.1) is 0 Å². The number of morpholine rings is 1. The summed E-state index contributed by atoms with van der Waals surface area (Å²) in [7, 11) is 0.